The lowest BCUT2D eigenvalue weighted by Gasteiger charge is -1.92. The molecule has 0 aliphatic carbocycles. The number of hydrogen-bond donors (Lipinski definition) is 0. The van der Waals surface area contributed by atoms with Crippen molar-refractivity contribution in [1.82, 2.24) is 0 Å². The first-order valence-electron chi connectivity index (χ1n) is 3.28. The number of nitrogens with zero attached hydrogens (tertiary/aromatic N) is 2. The van der Waals surface area contributed by atoms with Crippen molar-refractivity contribution in [3.05, 3.63) is 11.7 Å². The minimum atomic E-state index is 0.241. The Morgan fingerprint density at radius 2 is 1.82 bits per heavy atom. The second-order valence-corrected chi connectivity index (χ2v) is 2.77. The second kappa shape index (κ2) is 9.37. The minimum Gasteiger partial charge on any atom is -0.301 e. The van der Waals surface area contributed by atoms with Gasteiger partial charge in [-0.25, -0.2) is 0 Å². The minimum absolute atomic E-state index is 0.241. The van der Waals surface area contributed by atoms with E-state index in [2.05, 4.69) is 43.8 Å². The van der Waals surface area contributed by atoms with E-state index in [0.29, 0.717) is 5.92 Å². The summed E-state index contributed by atoms with van der Waals surface area (Å²) in [6.07, 6.45) is 0. The van der Waals surface area contributed by atoms with Gasteiger partial charge in [-0.15, -0.1) is 0 Å². The Labute approximate surface area is 73.7 Å². The maximum absolute atomic E-state index is 5.04. The lowest BCUT2D eigenvalue weighted by Crippen LogP contribution is -1.88. The predicted octanol–water partition coefficient (Wildman–Crippen LogP) is 2.74. The summed E-state index contributed by atoms with van der Waals surface area (Å²) in [6.45, 7) is 14.8. The summed E-state index contributed by atoms with van der Waals surface area (Å²) in [5.74, 6) is 0.669. The Morgan fingerprint density at radius 3 is 1.82 bits per heavy atom. The Hall–Kier alpha value is -0.630. The van der Waals surface area contributed by atoms with E-state index in [1.807, 2.05) is 0 Å². The fourth-order valence-corrected chi connectivity index (χ4v) is 0.258. The first kappa shape index (κ1) is 13.0. The Morgan fingerprint density at radius 1 is 1.45 bits per heavy atom. The standard InChI is InChI=1S/C5H11N.C3H4ClN/c1-5(2)4-6-3;1-3(4)5-2/h5H,3-4H2,1-2H3;1-2H2. The third-order valence-corrected chi connectivity index (χ3v) is 0.785. The Kier molecular flexibility index (Phi) is 11.1. The van der Waals surface area contributed by atoms with Crippen LogP contribution in [0, 0.1) is 5.92 Å². The van der Waals surface area contributed by atoms with Crippen LogP contribution in [0.5, 0.6) is 0 Å². The molecule has 0 fully saturated rings. The first-order valence-corrected chi connectivity index (χ1v) is 3.66. The van der Waals surface area contributed by atoms with E-state index in [-0.39, 0.29) is 5.16 Å². The van der Waals surface area contributed by atoms with Gasteiger partial charge < -0.3 is 4.99 Å². The van der Waals surface area contributed by atoms with Crippen LogP contribution in [0.1, 0.15) is 13.8 Å². The summed E-state index contributed by atoms with van der Waals surface area (Å²) >= 11 is 5.04. The van der Waals surface area contributed by atoms with E-state index in [0.717, 1.165) is 6.54 Å². The van der Waals surface area contributed by atoms with Crippen LogP contribution in [-0.2, 0) is 0 Å². The zero-order chi connectivity index (χ0) is 9.28. The molecular weight excluding hydrogens is 160 g/mol. The van der Waals surface area contributed by atoms with Gasteiger partial charge in [0.1, 0.15) is 5.16 Å². The van der Waals surface area contributed by atoms with E-state index in [1.165, 1.54) is 0 Å². The number of rotatable bonds is 3. The molecule has 0 aromatic carbocycles. The normalized spacial score (nSPS) is 8.00. The van der Waals surface area contributed by atoms with Gasteiger partial charge in [-0.1, -0.05) is 32.0 Å². The molecule has 64 valence electrons. The number of hydrogen-bond acceptors (Lipinski definition) is 2. The SMILES string of the molecule is C=NC(=C)Cl.C=NCC(C)C. The van der Waals surface area contributed by atoms with Crippen molar-refractivity contribution in [2.45, 2.75) is 13.8 Å². The third-order valence-electron chi connectivity index (χ3n) is 0.666. The van der Waals surface area contributed by atoms with Gasteiger partial charge >= 0.3 is 0 Å². The second-order valence-electron chi connectivity index (χ2n) is 2.33. The average Bonchev–Trinajstić information content (AvgIpc) is 1.89. The molecule has 0 spiro atoms. The fraction of sp³-hybridized carbons (Fsp3) is 0.500. The van der Waals surface area contributed by atoms with Crippen molar-refractivity contribution in [3.63, 3.8) is 0 Å². The molecule has 0 aliphatic rings. The smallest absolute Gasteiger partial charge is 0.121 e. The van der Waals surface area contributed by atoms with Gasteiger partial charge in [0.2, 0.25) is 0 Å². The molecule has 0 amide bonds. The van der Waals surface area contributed by atoms with Crippen LogP contribution in [0.15, 0.2) is 21.7 Å². The number of aliphatic imine (C=N–C) groups is 2. The molecule has 0 aliphatic heterocycles. The molecule has 0 aromatic heterocycles. The number of halogens is 1. The summed E-state index contributed by atoms with van der Waals surface area (Å²) in [7, 11) is 0. The summed E-state index contributed by atoms with van der Waals surface area (Å²) in [5.41, 5.74) is 0. The van der Waals surface area contributed by atoms with Crippen LogP contribution in [0.25, 0.3) is 0 Å². The largest absolute Gasteiger partial charge is 0.301 e. The monoisotopic (exact) mass is 174 g/mol. The van der Waals surface area contributed by atoms with Gasteiger partial charge in [-0.3, -0.25) is 4.99 Å². The zero-order valence-corrected chi connectivity index (χ0v) is 7.93. The zero-order valence-electron chi connectivity index (χ0n) is 7.18. The van der Waals surface area contributed by atoms with Gasteiger partial charge in [0.25, 0.3) is 0 Å². The van der Waals surface area contributed by atoms with Crippen LogP contribution in [0.2, 0.25) is 0 Å². The van der Waals surface area contributed by atoms with Crippen molar-refractivity contribution >= 4 is 25.0 Å². The molecule has 0 radical (unpaired) electrons. The highest BCUT2D eigenvalue weighted by Gasteiger charge is 1.83. The van der Waals surface area contributed by atoms with E-state index in [9.17, 15) is 0 Å². The van der Waals surface area contributed by atoms with Crippen LogP contribution in [-0.4, -0.2) is 20.0 Å². The molecular formula is C8H15ClN2. The topological polar surface area (TPSA) is 24.7 Å². The van der Waals surface area contributed by atoms with Crippen LogP contribution in [0.3, 0.4) is 0 Å². The molecule has 0 saturated heterocycles. The van der Waals surface area contributed by atoms with Gasteiger partial charge in [-0.05, 0) is 19.4 Å². The maximum Gasteiger partial charge on any atom is 0.121 e. The highest BCUT2D eigenvalue weighted by molar-refractivity contribution is 6.29. The van der Waals surface area contributed by atoms with Crippen LogP contribution in [0.4, 0.5) is 0 Å². The molecule has 0 N–H and O–H groups in total. The third kappa shape index (κ3) is 26.7. The molecule has 11 heavy (non-hydrogen) atoms. The van der Waals surface area contributed by atoms with Gasteiger partial charge in [-0.2, -0.15) is 0 Å². The van der Waals surface area contributed by atoms with Gasteiger partial charge in [0.05, 0.1) is 0 Å². The molecule has 2 nitrogen and oxygen atoms in total. The summed E-state index contributed by atoms with van der Waals surface area (Å²) in [5, 5.41) is 0.241. The van der Waals surface area contributed by atoms with Crippen molar-refractivity contribution in [2.75, 3.05) is 6.54 Å². The highest BCUT2D eigenvalue weighted by atomic mass is 35.5. The highest BCUT2D eigenvalue weighted by Crippen LogP contribution is 1.92. The van der Waals surface area contributed by atoms with E-state index in [4.69, 9.17) is 11.6 Å². The quantitative estimate of drug-likeness (QED) is 0.465. The summed E-state index contributed by atoms with van der Waals surface area (Å²) in [4.78, 5) is 6.90. The fourth-order valence-electron chi connectivity index (χ4n) is 0.258. The molecule has 0 heterocycles. The van der Waals surface area contributed by atoms with Crippen LogP contribution >= 0.6 is 11.6 Å². The van der Waals surface area contributed by atoms with E-state index in [1.54, 1.807) is 0 Å². The summed E-state index contributed by atoms with van der Waals surface area (Å²) < 4.78 is 0. The average molecular weight is 175 g/mol. The summed E-state index contributed by atoms with van der Waals surface area (Å²) in [6, 6.07) is 0. The van der Waals surface area contributed by atoms with Crippen molar-refractivity contribution in [1.29, 1.82) is 0 Å². The Balaban J connectivity index is 0. The Bertz CT molecular complexity index is 130. The first-order chi connectivity index (χ1) is 5.04. The van der Waals surface area contributed by atoms with E-state index < -0.39 is 0 Å². The molecule has 0 rings (SSSR count). The molecule has 0 aromatic rings. The van der Waals surface area contributed by atoms with Crippen LogP contribution < -0.4 is 0 Å². The molecule has 0 bridgehead atoms. The molecule has 3 heteroatoms. The maximum atomic E-state index is 5.04. The predicted molar refractivity (Wildman–Crippen MR) is 53.8 cm³/mol. The van der Waals surface area contributed by atoms with E-state index >= 15 is 0 Å². The van der Waals surface area contributed by atoms with Gasteiger partial charge in [0, 0.05) is 6.54 Å². The molecule has 0 unspecified atom stereocenters. The van der Waals surface area contributed by atoms with Gasteiger partial charge in [0.15, 0.2) is 0 Å². The molecule has 0 atom stereocenters. The van der Waals surface area contributed by atoms with Crippen molar-refractivity contribution in [3.8, 4) is 0 Å². The lowest BCUT2D eigenvalue weighted by atomic mass is 10.2. The van der Waals surface area contributed by atoms with Crippen molar-refractivity contribution in [2.24, 2.45) is 15.9 Å². The lowest BCUT2D eigenvalue weighted by molar-refractivity contribution is 0.668. The molecule has 0 saturated carbocycles. The van der Waals surface area contributed by atoms with Crippen molar-refractivity contribution < 1.29 is 0 Å².